The van der Waals surface area contributed by atoms with Crippen LogP contribution in [-0.4, -0.2) is 9.55 Å². The molecule has 3 nitrogen and oxygen atoms in total. The van der Waals surface area contributed by atoms with Gasteiger partial charge in [0.1, 0.15) is 0 Å². The molecule has 0 aliphatic carbocycles. The van der Waals surface area contributed by atoms with Gasteiger partial charge in [-0.3, -0.25) is 0 Å². The van der Waals surface area contributed by atoms with Crippen LogP contribution < -0.4 is 4.80 Å². The lowest BCUT2D eigenvalue weighted by molar-refractivity contribution is 0.829. The normalized spacial score (nSPS) is 12.4. The van der Waals surface area contributed by atoms with Crippen molar-refractivity contribution in [2.24, 2.45) is 12.0 Å². The van der Waals surface area contributed by atoms with Crippen LogP contribution >= 0.6 is 22.7 Å². The van der Waals surface area contributed by atoms with E-state index < -0.39 is 0 Å². The van der Waals surface area contributed by atoms with Crippen molar-refractivity contribution in [2.75, 3.05) is 0 Å². The third-order valence-corrected chi connectivity index (χ3v) is 4.87. The van der Waals surface area contributed by atoms with Crippen molar-refractivity contribution >= 4 is 27.8 Å². The number of rotatable bonds is 1. The Morgan fingerprint density at radius 3 is 2.19 bits per heavy atom. The Morgan fingerprint density at radius 1 is 1.06 bits per heavy atom. The molecule has 0 saturated carbocycles. The summed E-state index contributed by atoms with van der Waals surface area (Å²) in [5.74, 6) is 0. The zero-order valence-electron chi connectivity index (χ0n) is 10.2. The van der Waals surface area contributed by atoms with Gasteiger partial charge in [-0.15, -0.1) is 11.3 Å². The summed E-state index contributed by atoms with van der Waals surface area (Å²) in [5, 5.41) is 0.854. The molecule has 2 rings (SSSR count). The van der Waals surface area contributed by atoms with Gasteiger partial charge in [0.25, 0.3) is 0 Å². The molecule has 0 spiro atoms. The second kappa shape index (κ2) is 4.14. The number of aryl methyl sites for hydroxylation is 3. The Kier molecular flexibility index (Phi) is 2.99. The van der Waals surface area contributed by atoms with Gasteiger partial charge in [-0.05, 0) is 27.7 Å². The fourth-order valence-electron chi connectivity index (χ4n) is 1.34. The van der Waals surface area contributed by atoms with Gasteiger partial charge in [0.2, 0.25) is 5.13 Å². The van der Waals surface area contributed by atoms with Crippen LogP contribution in [0.3, 0.4) is 0 Å². The van der Waals surface area contributed by atoms with Crippen molar-refractivity contribution in [1.29, 1.82) is 0 Å². The monoisotopic (exact) mass is 253 g/mol. The lowest BCUT2D eigenvalue weighted by Crippen LogP contribution is -2.10. The molecule has 0 aromatic carbocycles. The molecular weight excluding hydrogens is 238 g/mol. The van der Waals surface area contributed by atoms with Gasteiger partial charge in [0.05, 0.1) is 5.69 Å². The summed E-state index contributed by atoms with van der Waals surface area (Å²) < 4.78 is 2.12. The van der Waals surface area contributed by atoms with Gasteiger partial charge < -0.3 is 4.57 Å². The van der Waals surface area contributed by atoms with Crippen LogP contribution in [0.15, 0.2) is 4.99 Å². The van der Waals surface area contributed by atoms with Crippen LogP contribution in [0.25, 0.3) is 0 Å². The lowest BCUT2D eigenvalue weighted by atomic mass is 10.4. The highest BCUT2D eigenvalue weighted by molar-refractivity contribution is 7.15. The predicted molar refractivity (Wildman–Crippen MR) is 69.6 cm³/mol. The quantitative estimate of drug-likeness (QED) is 0.768. The molecule has 0 atom stereocenters. The topological polar surface area (TPSA) is 30.2 Å². The second-order valence-electron chi connectivity index (χ2n) is 3.84. The molecule has 16 heavy (non-hydrogen) atoms. The Labute approximate surface area is 103 Å². The highest BCUT2D eigenvalue weighted by Crippen LogP contribution is 2.23. The van der Waals surface area contributed by atoms with Gasteiger partial charge in [0.15, 0.2) is 4.80 Å². The van der Waals surface area contributed by atoms with E-state index in [-0.39, 0.29) is 0 Å². The third-order valence-electron chi connectivity index (χ3n) is 2.75. The molecule has 0 aliphatic rings. The lowest BCUT2D eigenvalue weighted by Gasteiger charge is -1.94. The van der Waals surface area contributed by atoms with Gasteiger partial charge in [-0.1, -0.05) is 11.3 Å². The van der Waals surface area contributed by atoms with E-state index in [9.17, 15) is 0 Å². The van der Waals surface area contributed by atoms with Crippen molar-refractivity contribution in [3.8, 4) is 0 Å². The van der Waals surface area contributed by atoms with Crippen molar-refractivity contribution in [3.05, 3.63) is 25.9 Å². The Morgan fingerprint density at radius 2 is 1.75 bits per heavy atom. The van der Waals surface area contributed by atoms with Crippen LogP contribution in [0.2, 0.25) is 0 Å². The van der Waals surface area contributed by atoms with E-state index in [1.54, 1.807) is 22.7 Å². The van der Waals surface area contributed by atoms with Gasteiger partial charge in [-0.25, -0.2) is 4.98 Å². The molecule has 2 aromatic heterocycles. The standard InChI is InChI=1S/C11H15N3S2/c1-6-8(3)15-10(12-6)13-11-14(5)7(2)9(4)16-11/h1-5H3. The first-order chi connectivity index (χ1) is 7.49. The molecule has 2 aromatic rings. The fraction of sp³-hybridized carbons (Fsp3) is 0.455. The average Bonchev–Trinajstić information content (AvgIpc) is 2.64. The van der Waals surface area contributed by atoms with E-state index in [0.717, 1.165) is 15.6 Å². The van der Waals surface area contributed by atoms with E-state index in [1.807, 2.05) is 14.0 Å². The molecule has 0 radical (unpaired) electrons. The van der Waals surface area contributed by atoms with E-state index in [2.05, 4.69) is 35.3 Å². The Balaban J connectivity index is 2.55. The van der Waals surface area contributed by atoms with Crippen LogP contribution in [0.4, 0.5) is 5.13 Å². The summed E-state index contributed by atoms with van der Waals surface area (Å²) in [6.07, 6.45) is 0. The van der Waals surface area contributed by atoms with E-state index >= 15 is 0 Å². The summed E-state index contributed by atoms with van der Waals surface area (Å²) in [4.78, 5) is 12.6. The van der Waals surface area contributed by atoms with Gasteiger partial charge >= 0.3 is 0 Å². The van der Waals surface area contributed by atoms with Crippen LogP contribution in [-0.2, 0) is 7.05 Å². The zero-order valence-corrected chi connectivity index (χ0v) is 11.8. The molecule has 86 valence electrons. The smallest absolute Gasteiger partial charge is 0.212 e. The van der Waals surface area contributed by atoms with E-state index in [4.69, 9.17) is 0 Å². The largest absolute Gasteiger partial charge is 0.324 e. The molecule has 0 aliphatic heterocycles. The zero-order chi connectivity index (χ0) is 11.9. The van der Waals surface area contributed by atoms with Crippen LogP contribution in [0.5, 0.6) is 0 Å². The van der Waals surface area contributed by atoms with Crippen molar-refractivity contribution < 1.29 is 0 Å². The summed E-state index contributed by atoms with van der Waals surface area (Å²) in [7, 11) is 2.05. The highest BCUT2D eigenvalue weighted by Gasteiger charge is 2.05. The van der Waals surface area contributed by atoms with Gasteiger partial charge in [-0.2, -0.15) is 4.99 Å². The number of hydrogen-bond acceptors (Lipinski definition) is 4. The minimum absolute atomic E-state index is 0.854. The van der Waals surface area contributed by atoms with Crippen LogP contribution in [0, 0.1) is 27.7 Å². The molecular formula is C11H15N3S2. The molecule has 0 amide bonds. The summed E-state index contributed by atoms with van der Waals surface area (Å²) in [6.45, 7) is 8.34. The average molecular weight is 253 g/mol. The fourth-order valence-corrected chi connectivity index (χ4v) is 3.15. The first-order valence-electron chi connectivity index (χ1n) is 5.11. The first-order valence-corrected chi connectivity index (χ1v) is 6.74. The van der Waals surface area contributed by atoms with E-state index in [0.29, 0.717) is 0 Å². The predicted octanol–water partition coefficient (Wildman–Crippen LogP) is 3.01. The molecule has 0 unspecified atom stereocenters. The van der Waals surface area contributed by atoms with Crippen molar-refractivity contribution in [3.63, 3.8) is 0 Å². The SMILES string of the molecule is Cc1nc(N=c2sc(C)c(C)n2C)sc1C. The summed E-state index contributed by atoms with van der Waals surface area (Å²) >= 11 is 3.36. The minimum Gasteiger partial charge on any atom is -0.324 e. The molecule has 0 N–H and O–H groups in total. The van der Waals surface area contributed by atoms with Gasteiger partial charge in [0, 0.05) is 22.5 Å². The number of nitrogens with zero attached hydrogens (tertiary/aromatic N) is 3. The first kappa shape index (κ1) is 11.5. The molecule has 0 fully saturated rings. The number of thiazole rings is 2. The maximum absolute atomic E-state index is 4.59. The maximum Gasteiger partial charge on any atom is 0.212 e. The van der Waals surface area contributed by atoms with Crippen molar-refractivity contribution in [2.45, 2.75) is 27.7 Å². The summed E-state index contributed by atoms with van der Waals surface area (Å²) in [6, 6.07) is 0. The second-order valence-corrected chi connectivity index (χ2v) is 6.20. The summed E-state index contributed by atoms with van der Waals surface area (Å²) in [5.41, 5.74) is 2.35. The maximum atomic E-state index is 4.59. The Bertz CT molecular complexity index is 567. The molecule has 0 bridgehead atoms. The molecule has 2 heterocycles. The molecule has 5 heteroatoms. The van der Waals surface area contributed by atoms with E-state index in [1.165, 1.54) is 15.4 Å². The molecule has 0 saturated heterocycles. The number of hydrogen-bond donors (Lipinski definition) is 0. The number of aromatic nitrogens is 2. The van der Waals surface area contributed by atoms with Crippen molar-refractivity contribution in [1.82, 2.24) is 9.55 Å². The van der Waals surface area contributed by atoms with Crippen LogP contribution in [0.1, 0.15) is 21.1 Å². The third kappa shape index (κ3) is 1.97. The Hall–Kier alpha value is -0.940. The highest BCUT2D eigenvalue weighted by atomic mass is 32.1. The minimum atomic E-state index is 0.854.